The zero-order chi connectivity index (χ0) is 10.4. The van der Waals surface area contributed by atoms with Crippen LogP contribution in [0.4, 0.5) is 0 Å². The number of aldehydes is 1. The molecule has 0 amide bonds. The van der Waals surface area contributed by atoms with Gasteiger partial charge in [-0.3, -0.25) is 9.78 Å². The van der Waals surface area contributed by atoms with E-state index < -0.39 is 5.97 Å². The Morgan fingerprint density at radius 1 is 1.57 bits per heavy atom. The molecular formula is C10H11NO3. The maximum atomic E-state index is 10.3. The van der Waals surface area contributed by atoms with E-state index in [0.717, 1.165) is 11.8 Å². The second-order valence-corrected chi connectivity index (χ2v) is 2.92. The van der Waals surface area contributed by atoms with Crippen molar-refractivity contribution in [2.24, 2.45) is 0 Å². The maximum absolute atomic E-state index is 10.3. The fraction of sp³-hybridized carbons (Fsp3) is 0.300. The SMILES string of the molecule is O=CCc1ccnc(CCC(=O)O)c1. The van der Waals surface area contributed by atoms with E-state index in [1.54, 1.807) is 18.3 Å². The van der Waals surface area contributed by atoms with E-state index in [4.69, 9.17) is 5.11 Å². The molecule has 74 valence electrons. The second kappa shape index (κ2) is 5.11. The summed E-state index contributed by atoms with van der Waals surface area (Å²) in [6.07, 6.45) is 3.23. The lowest BCUT2D eigenvalue weighted by molar-refractivity contribution is -0.137. The molecule has 0 fully saturated rings. The van der Waals surface area contributed by atoms with Gasteiger partial charge in [0.1, 0.15) is 6.29 Å². The highest BCUT2D eigenvalue weighted by Gasteiger charge is 2.01. The Bertz CT molecular complexity index is 336. The van der Waals surface area contributed by atoms with Crippen LogP contribution in [-0.2, 0) is 22.4 Å². The highest BCUT2D eigenvalue weighted by atomic mass is 16.4. The summed E-state index contributed by atoms with van der Waals surface area (Å²) in [7, 11) is 0. The number of carboxylic acid groups (broad SMARTS) is 1. The number of pyridine rings is 1. The van der Waals surface area contributed by atoms with Crippen molar-refractivity contribution < 1.29 is 14.7 Å². The second-order valence-electron chi connectivity index (χ2n) is 2.92. The van der Waals surface area contributed by atoms with Gasteiger partial charge >= 0.3 is 5.97 Å². The Balaban J connectivity index is 2.63. The lowest BCUT2D eigenvalue weighted by atomic mass is 10.1. The monoisotopic (exact) mass is 193 g/mol. The van der Waals surface area contributed by atoms with Crippen LogP contribution in [0.5, 0.6) is 0 Å². The van der Waals surface area contributed by atoms with Gasteiger partial charge in [-0.05, 0) is 17.7 Å². The summed E-state index contributed by atoms with van der Waals surface area (Å²) < 4.78 is 0. The van der Waals surface area contributed by atoms with Crippen molar-refractivity contribution in [3.05, 3.63) is 29.6 Å². The predicted molar refractivity (Wildman–Crippen MR) is 50.0 cm³/mol. The van der Waals surface area contributed by atoms with Crippen LogP contribution in [-0.4, -0.2) is 22.3 Å². The van der Waals surface area contributed by atoms with Gasteiger partial charge in [0.05, 0.1) is 6.42 Å². The molecule has 0 aliphatic carbocycles. The smallest absolute Gasteiger partial charge is 0.303 e. The van der Waals surface area contributed by atoms with Gasteiger partial charge < -0.3 is 9.90 Å². The molecule has 14 heavy (non-hydrogen) atoms. The van der Waals surface area contributed by atoms with Crippen LogP contribution in [0.25, 0.3) is 0 Å². The molecule has 0 unspecified atom stereocenters. The Labute approximate surface area is 81.6 Å². The average molecular weight is 193 g/mol. The van der Waals surface area contributed by atoms with E-state index in [1.807, 2.05) is 0 Å². The molecule has 0 radical (unpaired) electrons. The van der Waals surface area contributed by atoms with Crippen molar-refractivity contribution in [3.63, 3.8) is 0 Å². The molecular weight excluding hydrogens is 182 g/mol. The molecule has 0 spiro atoms. The number of aliphatic carboxylic acids is 1. The number of carbonyl (C=O) groups is 2. The quantitative estimate of drug-likeness (QED) is 0.703. The molecule has 0 aromatic carbocycles. The summed E-state index contributed by atoms with van der Waals surface area (Å²) in [5, 5.41) is 8.46. The first kappa shape index (κ1) is 10.4. The standard InChI is InChI=1S/C10H11NO3/c12-6-4-8-3-5-11-9(7-8)1-2-10(13)14/h3,5-7H,1-2,4H2,(H,13,14). The molecule has 4 nitrogen and oxygen atoms in total. The Hall–Kier alpha value is -1.71. The van der Waals surface area contributed by atoms with Crippen molar-refractivity contribution in [1.29, 1.82) is 0 Å². The number of carboxylic acids is 1. The van der Waals surface area contributed by atoms with Crippen molar-refractivity contribution in [1.82, 2.24) is 4.98 Å². The molecule has 1 aromatic heterocycles. The number of nitrogens with zero attached hydrogens (tertiary/aromatic N) is 1. The number of carbonyl (C=O) groups excluding carboxylic acids is 1. The van der Waals surface area contributed by atoms with Gasteiger partial charge in [-0.1, -0.05) is 0 Å². The van der Waals surface area contributed by atoms with Crippen molar-refractivity contribution in [2.45, 2.75) is 19.3 Å². The van der Waals surface area contributed by atoms with Crippen LogP contribution in [0.15, 0.2) is 18.3 Å². The van der Waals surface area contributed by atoms with E-state index >= 15 is 0 Å². The number of rotatable bonds is 5. The van der Waals surface area contributed by atoms with Gasteiger partial charge in [-0.25, -0.2) is 0 Å². The first-order valence-corrected chi connectivity index (χ1v) is 4.31. The lowest BCUT2D eigenvalue weighted by Crippen LogP contribution is -2.00. The molecule has 0 saturated carbocycles. The third kappa shape index (κ3) is 3.35. The summed E-state index contributed by atoms with van der Waals surface area (Å²) in [5.74, 6) is -0.840. The van der Waals surface area contributed by atoms with E-state index in [9.17, 15) is 9.59 Å². The fourth-order valence-electron chi connectivity index (χ4n) is 1.12. The van der Waals surface area contributed by atoms with Gasteiger partial charge in [-0.2, -0.15) is 0 Å². The summed E-state index contributed by atoms with van der Waals surface area (Å²) in [6, 6.07) is 3.51. The summed E-state index contributed by atoms with van der Waals surface area (Å²) in [4.78, 5) is 24.6. The summed E-state index contributed by atoms with van der Waals surface area (Å²) >= 11 is 0. The number of aromatic nitrogens is 1. The highest BCUT2D eigenvalue weighted by Crippen LogP contribution is 2.04. The van der Waals surface area contributed by atoms with Crippen LogP contribution in [0.1, 0.15) is 17.7 Å². The first-order valence-electron chi connectivity index (χ1n) is 4.31. The Kier molecular flexibility index (Phi) is 3.79. The molecule has 0 aliphatic heterocycles. The third-order valence-corrected chi connectivity index (χ3v) is 1.80. The van der Waals surface area contributed by atoms with Crippen LogP contribution in [0.3, 0.4) is 0 Å². The minimum absolute atomic E-state index is 0.0670. The number of hydrogen-bond acceptors (Lipinski definition) is 3. The van der Waals surface area contributed by atoms with Gasteiger partial charge in [0, 0.05) is 24.7 Å². The van der Waals surface area contributed by atoms with Crippen LogP contribution in [0.2, 0.25) is 0 Å². The van der Waals surface area contributed by atoms with Gasteiger partial charge in [0.15, 0.2) is 0 Å². The van der Waals surface area contributed by atoms with Crippen molar-refractivity contribution in [2.75, 3.05) is 0 Å². The van der Waals surface area contributed by atoms with E-state index in [2.05, 4.69) is 4.98 Å². The summed E-state index contributed by atoms with van der Waals surface area (Å²) in [6.45, 7) is 0. The highest BCUT2D eigenvalue weighted by molar-refractivity contribution is 5.67. The van der Waals surface area contributed by atoms with Crippen molar-refractivity contribution in [3.8, 4) is 0 Å². The Morgan fingerprint density at radius 2 is 2.36 bits per heavy atom. The Morgan fingerprint density at radius 3 is 3.00 bits per heavy atom. The minimum Gasteiger partial charge on any atom is -0.481 e. The number of hydrogen-bond donors (Lipinski definition) is 1. The van der Waals surface area contributed by atoms with Crippen LogP contribution in [0, 0.1) is 0 Å². The molecule has 1 rings (SSSR count). The molecule has 1 heterocycles. The zero-order valence-corrected chi connectivity index (χ0v) is 7.64. The normalized spacial score (nSPS) is 9.71. The lowest BCUT2D eigenvalue weighted by Gasteiger charge is -1.99. The van der Waals surface area contributed by atoms with Gasteiger partial charge in [-0.15, -0.1) is 0 Å². The minimum atomic E-state index is -0.840. The van der Waals surface area contributed by atoms with Gasteiger partial charge in [0.25, 0.3) is 0 Å². The van der Waals surface area contributed by atoms with E-state index in [0.29, 0.717) is 18.5 Å². The van der Waals surface area contributed by atoms with E-state index in [-0.39, 0.29) is 6.42 Å². The largest absolute Gasteiger partial charge is 0.481 e. The summed E-state index contributed by atoms with van der Waals surface area (Å²) in [5.41, 5.74) is 1.59. The fourth-order valence-corrected chi connectivity index (χ4v) is 1.12. The predicted octanol–water partition coefficient (Wildman–Crippen LogP) is 0.840. The average Bonchev–Trinajstić information content (AvgIpc) is 2.16. The molecule has 0 atom stereocenters. The van der Waals surface area contributed by atoms with Crippen LogP contribution < -0.4 is 0 Å². The molecule has 0 bridgehead atoms. The number of aryl methyl sites for hydroxylation is 1. The van der Waals surface area contributed by atoms with E-state index in [1.165, 1.54) is 0 Å². The van der Waals surface area contributed by atoms with Gasteiger partial charge in [0.2, 0.25) is 0 Å². The zero-order valence-electron chi connectivity index (χ0n) is 7.64. The topological polar surface area (TPSA) is 67.3 Å². The van der Waals surface area contributed by atoms with Crippen LogP contribution >= 0.6 is 0 Å². The third-order valence-electron chi connectivity index (χ3n) is 1.80. The molecule has 0 aliphatic rings. The van der Waals surface area contributed by atoms with Crippen molar-refractivity contribution >= 4 is 12.3 Å². The molecule has 4 heteroatoms. The first-order chi connectivity index (χ1) is 6.72. The molecule has 1 aromatic rings. The molecule has 0 saturated heterocycles. The maximum Gasteiger partial charge on any atom is 0.303 e. The molecule has 1 N–H and O–H groups in total.